The van der Waals surface area contributed by atoms with E-state index < -0.39 is 0 Å². The number of nitrogens with zero attached hydrogens (tertiary/aromatic N) is 1. The molecule has 0 amide bonds. The normalized spacial score (nSPS) is 12.8. The van der Waals surface area contributed by atoms with Crippen LogP contribution in [-0.2, 0) is 0 Å². The Bertz CT molecular complexity index is 144. The summed E-state index contributed by atoms with van der Waals surface area (Å²) < 4.78 is 0. The third-order valence-corrected chi connectivity index (χ3v) is 2.09. The Balaban J connectivity index is 3.75. The molecule has 0 aliphatic heterocycles. The molecule has 0 radical (unpaired) electrons. The third kappa shape index (κ3) is 6.87. The second kappa shape index (κ2) is 8.97. The molecule has 1 N–H and O–H groups in total. The number of hydrogen-bond donors (Lipinski definition) is 1. The highest BCUT2D eigenvalue weighted by atomic mass is 15.1. The minimum atomic E-state index is 0.676. The Hall–Kier alpha value is -0.600. The van der Waals surface area contributed by atoms with Crippen molar-refractivity contribution in [1.29, 1.82) is 0 Å². The van der Waals surface area contributed by atoms with Crippen molar-refractivity contribution in [3.05, 3.63) is 25.3 Å². The molecular weight excluding hydrogens is 172 g/mol. The van der Waals surface area contributed by atoms with Gasteiger partial charge in [-0.3, -0.25) is 4.90 Å². The largest absolute Gasteiger partial charge is 0.317 e. The van der Waals surface area contributed by atoms with Crippen LogP contribution in [0.15, 0.2) is 25.3 Å². The lowest BCUT2D eigenvalue weighted by atomic mass is 10.1. The van der Waals surface area contributed by atoms with E-state index in [1.54, 1.807) is 0 Å². The van der Waals surface area contributed by atoms with Crippen LogP contribution in [0.2, 0.25) is 0 Å². The van der Waals surface area contributed by atoms with Crippen LogP contribution in [0, 0.1) is 5.92 Å². The van der Waals surface area contributed by atoms with E-state index in [0.29, 0.717) is 5.92 Å². The van der Waals surface area contributed by atoms with E-state index in [1.807, 2.05) is 12.2 Å². The van der Waals surface area contributed by atoms with Crippen LogP contribution in [0.3, 0.4) is 0 Å². The highest BCUT2D eigenvalue weighted by molar-refractivity contribution is 4.80. The van der Waals surface area contributed by atoms with Crippen LogP contribution in [0.1, 0.15) is 13.8 Å². The Kier molecular flexibility index (Phi) is 8.59. The number of hydrogen-bond acceptors (Lipinski definition) is 2. The third-order valence-electron chi connectivity index (χ3n) is 2.09. The van der Waals surface area contributed by atoms with Crippen LogP contribution in [0.25, 0.3) is 0 Å². The average molecular weight is 196 g/mol. The summed E-state index contributed by atoms with van der Waals surface area (Å²) in [6, 6.07) is 0. The van der Waals surface area contributed by atoms with Crippen LogP contribution in [0.4, 0.5) is 0 Å². The summed E-state index contributed by atoms with van der Waals surface area (Å²) in [4.78, 5) is 2.35. The smallest absolute Gasteiger partial charge is 0.0164 e. The topological polar surface area (TPSA) is 15.3 Å². The second-order valence-corrected chi connectivity index (χ2v) is 3.71. The highest BCUT2D eigenvalue weighted by Crippen LogP contribution is 1.99. The molecule has 0 aromatic heterocycles. The van der Waals surface area contributed by atoms with Gasteiger partial charge in [-0.05, 0) is 19.0 Å². The summed E-state index contributed by atoms with van der Waals surface area (Å²) >= 11 is 0. The van der Waals surface area contributed by atoms with E-state index in [0.717, 1.165) is 32.7 Å². The SMILES string of the molecule is C=CCN(CC=C)CC(C)CNCC. The van der Waals surface area contributed by atoms with Gasteiger partial charge in [0.25, 0.3) is 0 Å². The van der Waals surface area contributed by atoms with Crippen molar-refractivity contribution in [2.24, 2.45) is 5.92 Å². The van der Waals surface area contributed by atoms with Crippen molar-refractivity contribution < 1.29 is 0 Å². The van der Waals surface area contributed by atoms with Crippen LogP contribution in [0.5, 0.6) is 0 Å². The molecule has 0 saturated carbocycles. The molecule has 14 heavy (non-hydrogen) atoms. The highest BCUT2D eigenvalue weighted by Gasteiger charge is 2.06. The van der Waals surface area contributed by atoms with E-state index in [9.17, 15) is 0 Å². The van der Waals surface area contributed by atoms with Crippen molar-refractivity contribution in [1.82, 2.24) is 10.2 Å². The van der Waals surface area contributed by atoms with Crippen molar-refractivity contribution in [3.63, 3.8) is 0 Å². The van der Waals surface area contributed by atoms with Crippen LogP contribution in [-0.4, -0.2) is 37.6 Å². The van der Waals surface area contributed by atoms with Gasteiger partial charge in [-0.25, -0.2) is 0 Å². The van der Waals surface area contributed by atoms with Gasteiger partial charge in [0.05, 0.1) is 0 Å². The quantitative estimate of drug-likeness (QED) is 0.567. The van der Waals surface area contributed by atoms with E-state index in [2.05, 4.69) is 37.2 Å². The Morgan fingerprint density at radius 1 is 1.29 bits per heavy atom. The Labute approximate surface area is 88.7 Å². The molecule has 2 nitrogen and oxygen atoms in total. The number of rotatable bonds is 9. The first-order chi connectivity index (χ1) is 6.74. The van der Waals surface area contributed by atoms with E-state index in [-0.39, 0.29) is 0 Å². The van der Waals surface area contributed by atoms with Gasteiger partial charge in [-0.2, -0.15) is 0 Å². The average Bonchev–Trinajstić information content (AvgIpc) is 2.15. The van der Waals surface area contributed by atoms with Gasteiger partial charge in [0.2, 0.25) is 0 Å². The zero-order valence-corrected chi connectivity index (χ0v) is 9.63. The number of nitrogens with one attached hydrogen (secondary N) is 1. The minimum absolute atomic E-state index is 0.676. The summed E-state index contributed by atoms with van der Waals surface area (Å²) in [5.74, 6) is 0.676. The molecule has 2 heteroatoms. The Morgan fingerprint density at radius 3 is 2.29 bits per heavy atom. The standard InChI is InChI=1S/C12H24N2/c1-5-8-14(9-6-2)11-12(4)10-13-7-3/h5-6,12-13H,1-2,7-11H2,3-4H3. The van der Waals surface area contributed by atoms with E-state index >= 15 is 0 Å². The summed E-state index contributed by atoms with van der Waals surface area (Å²) in [6.45, 7) is 17.1. The molecule has 0 fully saturated rings. The lowest BCUT2D eigenvalue weighted by Crippen LogP contribution is -2.33. The Morgan fingerprint density at radius 2 is 1.86 bits per heavy atom. The van der Waals surface area contributed by atoms with Crippen molar-refractivity contribution in [2.45, 2.75) is 13.8 Å². The zero-order chi connectivity index (χ0) is 10.8. The van der Waals surface area contributed by atoms with Gasteiger partial charge < -0.3 is 5.32 Å². The monoisotopic (exact) mass is 196 g/mol. The molecule has 0 spiro atoms. The first-order valence-corrected chi connectivity index (χ1v) is 5.39. The molecular formula is C12H24N2. The van der Waals surface area contributed by atoms with Crippen LogP contribution < -0.4 is 5.32 Å². The molecule has 0 aromatic carbocycles. The zero-order valence-electron chi connectivity index (χ0n) is 9.63. The van der Waals surface area contributed by atoms with Crippen molar-refractivity contribution in [2.75, 3.05) is 32.7 Å². The lowest BCUT2D eigenvalue weighted by Gasteiger charge is -2.23. The summed E-state index contributed by atoms with van der Waals surface area (Å²) in [5, 5.41) is 3.36. The van der Waals surface area contributed by atoms with Gasteiger partial charge in [-0.15, -0.1) is 13.2 Å². The van der Waals surface area contributed by atoms with Gasteiger partial charge >= 0.3 is 0 Å². The van der Waals surface area contributed by atoms with Gasteiger partial charge in [-0.1, -0.05) is 26.0 Å². The van der Waals surface area contributed by atoms with E-state index in [1.165, 1.54) is 0 Å². The molecule has 0 aliphatic carbocycles. The maximum Gasteiger partial charge on any atom is 0.0164 e. The molecule has 0 bridgehead atoms. The lowest BCUT2D eigenvalue weighted by molar-refractivity contribution is 0.281. The van der Waals surface area contributed by atoms with Gasteiger partial charge in [0.15, 0.2) is 0 Å². The van der Waals surface area contributed by atoms with Gasteiger partial charge in [0, 0.05) is 19.6 Å². The van der Waals surface area contributed by atoms with Gasteiger partial charge in [0.1, 0.15) is 0 Å². The molecule has 1 unspecified atom stereocenters. The summed E-state index contributed by atoms with van der Waals surface area (Å²) in [5.41, 5.74) is 0. The second-order valence-electron chi connectivity index (χ2n) is 3.71. The first kappa shape index (κ1) is 13.4. The summed E-state index contributed by atoms with van der Waals surface area (Å²) in [7, 11) is 0. The molecule has 0 aromatic rings. The maximum atomic E-state index is 3.76. The minimum Gasteiger partial charge on any atom is -0.317 e. The molecule has 82 valence electrons. The van der Waals surface area contributed by atoms with Crippen LogP contribution >= 0.6 is 0 Å². The molecule has 0 saturated heterocycles. The molecule has 0 aliphatic rings. The molecule has 0 heterocycles. The van der Waals surface area contributed by atoms with Crippen molar-refractivity contribution in [3.8, 4) is 0 Å². The van der Waals surface area contributed by atoms with Crippen molar-refractivity contribution >= 4 is 0 Å². The molecule has 1 atom stereocenters. The summed E-state index contributed by atoms with van der Waals surface area (Å²) in [6.07, 6.45) is 3.90. The predicted molar refractivity (Wildman–Crippen MR) is 64.5 cm³/mol. The van der Waals surface area contributed by atoms with E-state index in [4.69, 9.17) is 0 Å². The molecule has 0 rings (SSSR count). The first-order valence-electron chi connectivity index (χ1n) is 5.39. The fourth-order valence-electron chi connectivity index (χ4n) is 1.48. The fraction of sp³-hybridized carbons (Fsp3) is 0.667. The predicted octanol–water partition coefficient (Wildman–Crippen LogP) is 1.91. The maximum absolute atomic E-state index is 3.76. The fourth-order valence-corrected chi connectivity index (χ4v) is 1.48.